The summed E-state index contributed by atoms with van der Waals surface area (Å²) in [4.78, 5) is 5.02. The number of rotatable bonds is 4. The van der Waals surface area contributed by atoms with E-state index in [0.717, 1.165) is 45.9 Å². The van der Waals surface area contributed by atoms with Crippen molar-refractivity contribution < 1.29 is 9.13 Å². The molecule has 2 aliphatic heterocycles. The van der Waals surface area contributed by atoms with Gasteiger partial charge in [0.05, 0.1) is 13.2 Å². The Kier molecular flexibility index (Phi) is 4.65. The van der Waals surface area contributed by atoms with Crippen molar-refractivity contribution in [3.63, 3.8) is 0 Å². The zero-order valence-electron chi connectivity index (χ0n) is 11.9. The molecule has 2 fully saturated rings. The molecule has 0 bridgehead atoms. The van der Waals surface area contributed by atoms with Crippen molar-refractivity contribution in [2.75, 3.05) is 45.9 Å². The first-order valence-corrected chi connectivity index (χ1v) is 7.62. The fraction of sp³-hybridized carbons (Fsp3) is 0.625. The third-order valence-electron chi connectivity index (χ3n) is 4.43. The molecule has 4 heteroatoms. The van der Waals surface area contributed by atoms with Crippen LogP contribution in [-0.2, 0) is 4.74 Å². The predicted molar refractivity (Wildman–Crippen MR) is 77.2 cm³/mol. The van der Waals surface area contributed by atoms with Crippen molar-refractivity contribution in [1.29, 1.82) is 0 Å². The topological polar surface area (TPSA) is 15.7 Å². The minimum absolute atomic E-state index is 0.147. The normalized spacial score (nSPS) is 25.1. The molecule has 1 aromatic rings. The van der Waals surface area contributed by atoms with E-state index in [1.54, 1.807) is 12.1 Å². The second-order valence-corrected chi connectivity index (χ2v) is 5.70. The van der Waals surface area contributed by atoms with Crippen molar-refractivity contribution >= 4 is 0 Å². The summed E-state index contributed by atoms with van der Waals surface area (Å²) in [5, 5.41) is 0. The molecule has 110 valence electrons. The van der Waals surface area contributed by atoms with Crippen LogP contribution in [0.1, 0.15) is 24.4 Å². The summed E-state index contributed by atoms with van der Waals surface area (Å²) in [5.41, 5.74) is 1.26. The van der Waals surface area contributed by atoms with Gasteiger partial charge in [-0.15, -0.1) is 0 Å². The lowest BCUT2D eigenvalue weighted by Crippen LogP contribution is -2.41. The molecule has 1 atom stereocenters. The lowest BCUT2D eigenvalue weighted by Gasteiger charge is -2.31. The average Bonchev–Trinajstić information content (AvgIpc) is 2.95. The Morgan fingerprint density at radius 2 is 1.80 bits per heavy atom. The highest BCUT2D eigenvalue weighted by Gasteiger charge is 2.26. The van der Waals surface area contributed by atoms with E-state index in [1.165, 1.54) is 18.4 Å². The maximum atomic E-state index is 13.0. The molecule has 20 heavy (non-hydrogen) atoms. The Hall–Kier alpha value is -0.970. The number of hydrogen-bond donors (Lipinski definition) is 0. The Balaban J connectivity index is 1.56. The number of nitrogens with zero attached hydrogens (tertiary/aromatic N) is 2. The molecule has 3 nitrogen and oxygen atoms in total. The van der Waals surface area contributed by atoms with E-state index < -0.39 is 0 Å². The number of hydrogen-bond acceptors (Lipinski definition) is 3. The van der Waals surface area contributed by atoms with Crippen LogP contribution in [-0.4, -0.2) is 55.7 Å². The summed E-state index contributed by atoms with van der Waals surface area (Å²) < 4.78 is 18.4. The van der Waals surface area contributed by atoms with Crippen molar-refractivity contribution in [3.8, 4) is 0 Å². The number of likely N-dealkylation sites (tertiary alicyclic amines) is 1. The van der Waals surface area contributed by atoms with E-state index in [9.17, 15) is 4.39 Å². The van der Waals surface area contributed by atoms with Gasteiger partial charge in [0, 0.05) is 32.2 Å². The van der Waals surface area contributed by atoms with Gasteiger partial charge in [-0.2, -0.15) is 0 Å². The first-order valence-electron chi connectivity index (χ1n) is 7.62. The molecule has 0 saturated carbocycles. The quantitative estimate of drug-likeness (QED) is 0.840. The van der Waals surface area contributed by atoms with Gasteiger partial charge in [-0.25, -0.2) is 4.39 Å². The third kappa shape index (κ3) is 3.37. The van der Waals surface area contributed by atoms with Crippen LogP contribution in [0.5, 0.6) is 0 Å². The fourth-order valence-electron chi connectivity index (χ4n) is 3.25. The van der Waals surface area contributed by atoms with Crippen LogP contribution in [0.15, 0.2) is 24.3 Å². The Morgan fingerprint density at radius 1 is 1.05 bits per heavy atom. The third-order valence-corrected chi connectivity index (χ3v) is 4.43. The Morgan fingerprint density at radius 3 is 2.55 bits per heavy atom. The summed E-state index contributed by atoms with van der Waals surface area (Å²) in [6.07, 6.45) is 2.43. The lowest BCUT2D eigenvalue weighted by molar-refractivity contribution is 0.0327. The van der Waals surface area contributed by atoms with Crippen LogP contribution in [0.2, 0.25) is 0 Å². The van der Waals surface area contributed by atoms with Crippen molar-refractivity contribution in [3.05, 3.63) is 35.6 Å². The number of benzene rings is 1. The van der Waals surface area contributed by atoms with E-state index in [2.05, 4.69) is 9.80 Å². The zero-order valence-corrected chi connectivity index (χ0v) is 11.9. The fourth-order valence-corrected chi connectivity index (χ4v) is 3.25. The molecule has 2 saturated heterocycles. The molecule has 3 rings (SSSR count). The monoisotopic (exact) mass is 278 g/mol. The van der Waals surface area contributed by atoms with Crippen molar-refractivity contribution in [1.82, 2.24) is 9.80 Å². The van der Waals surface area contributed by atoms with Crippen molar-refractivity contribution in [2.45, 2.75) is 18.9 Å². The van der Waals surface area contributed by atoms with Crippen LogP contribution in [0, 0.1) is 5.82 Å². The van der Waals surface area contributed by atoms with Gasteiger partial charge in [-0.05, 0) is 37.1 Å². The molecule has 0 aliphatic carbocycles. The number of halogens is 1. The van der Waals surface area contributed by atoms with Gasteiger partial charge in [0.25, 0.3) is 0 Å². The summed E-state index contributed by atoms with van der Waals surface area (Å²) in [6.45, 7) is 7.20. The van der Waals surface area contributed by atoms with Crippen molar-refractivity contribution in [2.24, 2.45) is 0 Å². The predicted octanol–water partition coefficient (Wildman–Crippen LogP) is 2.29. The molecule has 0 spiro atoms. The van der Waals surface area contributed by atoms with Gasteiger partial charge in [0.15, 0.2) is 0 Å². The zero-order chi connectivity index (χ0) is 13.8. The van der Waals surface area contributed by atoms with Crippen LogP contribution in [0.25, 0.3) is 0 Å². The molecular weight excluding hydrogens is 255 g/mol. The van der Waals surface area contributed by atoms with Gasteiger partial charge in [0.1, 0.15) is 5.82 Å². The first-order chi connectivity index (χ1) is 9.83. The second kappa shape index (κ2) is 6.66. The number of morpholine rings is 1. The highest BCUT2D eigenvalue weighted by atomic mass is 19.1. The second-order valence-electron chi connectivity index (χ2n) is 5.70. The minimum atomic E-state index is -0.147. The summed E-state index contributed by atoms with van der Waals surface area (Å²) in [6, 6.07) is 7.50. The van der Waals surface area contributed by atoms with Gasteiger partial charge in [-0.3, -0.25) is 9.80 Å². The van der Waals surface area contributed by atoms with E-state index in [-0.39, 0.29) is 5.82 Å². The summed E-state index contributed by atoms with van der Waals surface area (Å²) in [5.74, 6) is -0.147. The van der Waals surface area contributed by atoms with Crippen LogP contribution >= 0.6 is 0 Å². The Bertz CT molecular complexity index is 417. The SMILES string of the molecule is Fc1ccc([C@@H]2CCCN2CCN2CCOCC2)cc1. The van der Waals surface area contributed by atoms with Gasteiger partial charge in [-0.1, -0.05) is 12.1 Å². The number of ether oxygens (including phenoxy) is 1. The molecule has 0 unspecified atom stereocenters. The molecule has 0 radical (unpaired) electrons. The minimum Gasteiger partial charge on any atom is -0.379 e. The van der Waals surface area contributed by atoms with Crippen LogP contribution < -0.4 is 0 Å². The summed E-state index contributed by atoms with van der Waals surface area (Å²) in [7, 11) is 0. The molecule has 0 aromatic heterocycles. The van der Waals surface area contributed by atoms with E-state index in [4.69, 9.17) is 4.74 Å². The lowest BCUT2D eigenvalue weighted by atomic mass is 10.0. The Labute approximate surface area is 120 Å². The summed E-state index contributed by atoms with van der Waals surface area (Å²) >= 11 is 0. The molecular formula is C16H23FN2O. The van der Waals surface area contributed by atoms with Gasteiger partial charge >= 0.3 is 0 Å². The van der Waals surface area contributed by atoms with E-state index in [0.29, 0.717) is 6.04 Å². The molecule has 0 N–H and O–H groups in total. The maximum absolute atomic E-state index is 13.0. The highest BCUT2D eigenvalue weighted by Crippen LogP contribution is 2.31. The largest absolute Gasteiger partial charge is 0.379 e. The first kappa shape index (κ1) is 14.0. The molecule has 0 amide bonds. The highest BCUT2D eigenvalue weighted by molar-refractivity contribution is 5.21. The van der Waals surface area contributed by atoms with E-state index >= 15 is 0 Å². The van der Waals surface area contributed by atoms with Crippen LogP contribution in [0.3, 0.4) is 0 Å². The van der Waals surface area contributed by atoms with Gasteiger partial charge in [0.2, 0.25) is 0 Å². The average molecular weight is 278 g/mol. The standard InChI is InChI=1S/C16H23FN2O/c17-15-5-3-14(4-6-15)16-2-1-7-19(16)9-8-18-10-12-20-13-11-18/h3-6,16H,1-2,7-13H2/t16-/m0/s1. The van der Waals surface area contributed by atoms with E-state index in [1.807, 2.05) is 12.1 Å². The van der Waals surface area contributed by atoms with Crippen LogP contribution in [0.4, 0.5) is 4.39 Å². The molecule has 2 aliphatic rings. The smallest absolute Gasteiger partial charge is 0.123 e. The van der Waals surface area contributed by atoms with Gasteiger partial charge < -0.3 is 4.74 Å². The maximum Gasteiger partial charge on any atom is 0.123 e. The molecule has 2 heterocycles. The molecule has 1 aromatic carbocycles.